The van der Waals surface area contributed by atoms with Gasteiger partial charge in [-0.3, -0.25) is 0 Å². The van der Waals surface area contributed by atoms with E-state index in [0.29, 0.717) is 0 Å². The van der Waals surface area contributed by atoms with E-state index in [1.807, 2.05) is 19.3 Å². The SMILES string of the molecule is CNCc1ccc(C)c(-c2ccc[nH]2)c1. The molecule has 15 heavy (non-hydrogen) atoms. The fourth-order valence-electron chi connectivity index (χ4n) is 1.77. The second kappa shape index (κ2) is 4.32. The van der Waals surface area contributed by atoms with E-state index in [1.54, 1.807) is 0 Å². The van der Waals surface area contributed by atoms with Gasteiger partial charge in [0.05, 0.1) is 0 Å². The molecule has 1 aromatic carbocycles. The van der Waals surface area contributed by atoms with Gasteiger partial charge in [0.1, 0.15) is 0 Å². The van der Waals surface area contributed by atoms with Crippen molar-refractivity contribution in [3.05, 3.63) is 47.7 Å². The summed E-state index contributed by atoms with van der Waals surface area (Å²) in [6, 6.07) is 10.7. The molecule has 78 valence electrons. The Morgan fingerprint density at radius 1 is 1.27 bits per heavy atom. The van der Waals surface area contributed by atoms with Crippen LogP contribution in [0.3, 0.4) is 0 Å². The molecule has 1 heterocycles. The molecule has 0 atom stereocenters. The monoisotopic (exact) mass is 200 g/mol. The van der Waals surface area contributed by atoms with Crippen molar-refractivity contribution in [1.82, 2.24) is 10.3 Å². The number of hydrogen-bond donors (Lipinski definition) is 2. The third-order valence-electron chi connectivity index (χ3n) is 2.57. The first kappa shape index (κ1) is 9.99. The van der Waals surface area contributed by atoms with Gasteiger partial charge in [0, 0.05) is 24.0 Å². The van der Waals surface area contributed by atoms with E-state index in [-0.39, 0.29) is 0 Å². The number of aromatic nitrogens is 1. The zero-order valence-corrected chi connectivity index (χ0v) is 9.17. The van der Waals surface area contributed by atoms with E-state index in [9.17, 15) is 0 Å². The quantitative estimate of drug-likeness (QED) is 0.783. The van der Waals surface area contributed by atoms with Crippen LogP contribution in [0.1, 0.15) is 11.1 Å². The first-order valence-corrected chi connectivity index (χ1v) is 5.19. The molecule has 0 unspecified atom stereocenters. The van der Waals surface area contributed by atoms with E-state index in [0.717, 1.165) is 6.54 Å². The van der Waals surface area contributed by atoms with E-state index < -0.39 is 0 Å². The Bertz CT molecular complexity index is 430. The number of nitrogens with one attached hydrogen (secondary N) is 2. The smallest absolute Gasteiger partial charge is 0.0456 e. The number of hydrogen-bond acceptors (Lipinski definition) is 1. The van der Waals surface area contributed by atoms with Crippen LogP contribution in [0.2, 0.25) is 0 Å². The van der Waals surface area contributed by atoms with Crippen LogP contribution in [0.15, 0.2) is 36.5 Å². The summed E-state index contributed by atoms with van der Waals surface area (Å²) in [6.45, 7) is 3.05. The maximum absolute atomic E-state index is 3.24. The number of rotatable bonds is 3. The van der Waals surface area contributed by atoms with E-state index in [4.69, 9.17) is 0 Å². The van der Waals surface area contributed by atoms with Gasteiger partial charge in [-0.15, -0.1) is 0 Å². The second-order valence-corrected chi connectivity index (χ2v) is 3.76. The van der Waals surface area contributed by atoms with Crippen molar-refractivity contribution >= 4 is 0 Å². The highest BCUT2D eigenvalue weighted by molar-refractivity contribution is 5.64. The van der Waals surface area contributed by atoms with Crippen LogP contribution in [-0.4, -0.2) is 12.0 Å². The zero-order valence-electron chi connectivity index (χ0n) is 9.17. The largest absolute Gasteiger partial charge is 0.361 e. The molecule has 0 radical (unpaired) electrons. The lowest BCUT2D eigenvalue weighted by Crippen LogP contribution is -2.05. The first-order chi connectivity index (χ1) is 7.31. The molecule has 0 aliphatic heterocycles. The van der Waals surface area contributed by atoms with Gasteiger partial charge in [-0.05, 0) is 43.3 Å². The number of H-pyrrole nitrogens is 1. The second-order valence-electron chi connectivity index (χ2n) is 3.76. The predicted molar refractivity (Wildman–Crippen MR) is 63.7 cm³/mol. The fourth-order valence-corrected chi connectivity index (χ4v) is 1.77. The minimum absolute atomic E-state index is 0.911. The molecule has 0 amide bonds. The lowest BCUT2D eigenvalue weighted by atomic mass is 10.0. The van der Waals surface area contributed by atoms with Crippen molar-refractivity contribution in [2.24, 2.45) is 0 Å². The summed E-state index contributed by atoms with van der Waals surface area (Å²) in [7, 11) is 1.97. The third kappa shape index (κ3) is 2.10. The lowest BCUT2D eigenvalue weighted by Gasteiger charge is -2.07. The zero-order chi connectivity index (χ0) is 10.7. The summed E-state index contributed by atoms with van der Waals surface area (Å²) < 4.78 is 0. The predicted octanol–water partition coefficient (Wildman–Crippen LogP) is 2.71. The molecule has 0 saturated heterocycles. The molecule has 2 nitrogen and oxygen atoms in total. The standard InChI is InChI=1S/C13H16N2/c1-10-5-6-11(9-14-2)8-12(10)13-4-3-7-15-13/h3-8,14-15H,9H2,1-2H3. The molecule has 0 aliphatic carbocycles. The van der Waals surface area contributed by atoms with E-state index >= 15 is 0 Å². The van der Waals surface area contributed by atoms with Gasteiger partial charge in [-0.2, -0.15) is 0 Å². The molecule has 0 spiro atoms. The van der Waals surface area contributed by atoms with Gasteiger partial charge >= 0.3 is 0 Å². The van der Waals surface area contributed by atoms with E-state index in [1.165, 1.54) is 22.4 Å². The molecule has 2 aromatic rings. The molecular formula is C13H16N2. The van der Waals surface area contributed by atoms with Gasteiger partial charge in [0.15, 0.2) is 0 Å². The highest BCUT2D eigenvalue weighted by Crippen LogP contribution is 2.22. The van der Waals surface area contributed by atoms with Crippen LogP contribution < -0.4 is 5.32 Å². The minimum atomic E-state index is 0.911. The molecule has 2 N–H and O–H groups in total. The molecular weight excluding hydrogens is 184 g/mol. The summed E-state index contributed by atoms with van der Waals surface area (Å²) >= 11 is 0. The summed E-state index contributed by atoms with van der Waals surface area (Å²) in [5, 5.41) is 3.17. The van der Waals surface area contributed by atoms with Crippen LogP contribution in [-0.2, 0) is 6.54 Å². The lowest BCUT2D eigenvalue weighted by molar-refractivity contribution is 0.818. The van der Waals surface area contributed by atoms with Crippen LogP contribution in [0.4, 0.5) is 0 Å². The topological polar surface area (TPSA) is 27.8 Å². The van der Waals surface area contributed by atoms with Crippen LogP contribution in [0, 0.1) is 6.92 Å². The third-order valence-corrected chi connectivity index (χ3v) is 2.57. The van der Waals surface area contributed by atoms with Gasteiger partial charge < -0.3 is 10.3 Å². The fraction of sp³-hybridized carbons (Fsp3) is 0.231. The van der Waals surface area contributed by atoms with Crippen molar-refractivity contribution in [2.45, 2.75) is 13.5 Å². The van der Waals surface area contributed by atoms with Crippen molar-refractivity contribution in [1.29, 1.82) is 0 Å². The maximum atomic E-state index is 3.24. The summed E-state index contributed by atoms with van der Waals surface area (Å²) in [5.74, 6) is 0. The Labute approximate surface area is 90.3 Å². The molecule has 1 aromatic heterocycles. The molecule has 0 bridgehead atoms. The summed E-state index contributed by atoms with van der Waals surface area (Å²) in [5.41, 5.74) is 5.09. The van der Waals surface area contributed by atoms with Crippen LogP contribution >= 0.6 is 0 Å². The number of aromatic amines is 1. The maximum Gasteiger partial charge on any atom is 0.0456 e. The van der Waals surface area contributed by atoms with Gasteiger partial charge in [0.2, 0.25) is 0 Å². The van der Waals surface area contributed by atoms with Crippen molar-refractivity contribution < 1.29 is 0 Å². The summed E-state index contributed by atoms with van der Waals surface area (Å²) in [6.07, 6.45) is 1.96. The van der Waals surface area contributed by atoms with Crippen molar-refractivity contribution in [3.63, 3.8) is 0 Å². The average molecular weight is 200 g/mol. The van der Waals surface area contributed by atoms with Crippen LogP contribution in [0.5, 0.6) is 0 Å². The normalized spacial score (nSPS) is 10.5. The Morgan fingerprint density at radius 3 is 2.80 bits per heavy atom. The molecule has 0 fully saturated rings. The highest BCUT2D eigenvalue weighted by Gasteiger charge is 2.03. The van der Waals surface area contributed by atoms with Crippen LogP contribution in [0.25, 0.3) is 11.3 Å². The average Bonchev–Trinajstić information content (AvgIpc) is 2.74. The van der Waals surface area contributed by atoms with Gasteiger partial charge in [-0.1, -0.05) is 12.1 Å². The Morgan fingerprint density at radius 2 is 2.13 bits per heavy atom. The molecule has 2 rings (SSSR count). The van der Waals surface area contributed by atoms with Crippen molar-refractivity contribution in [3.8, 4) is 11.3 Å². The van der Waals surface area contributed by atoms with Gasteiger partial charge in [-0.25, -0.2) is 0 Å². The van der Waals surface area contributed by atoms with E-state index in [2.05, 4.69) is 41.5 Å². The molecule has 0 saturated carbocycles. The van der Waals surface area contributed by atoms with Gasteiger partial charge in [0.25, 0.3) is 0 Å². The first-order valence-electron chi connectivity index (χ1n) is 5.19. The number of benzene rings is 1. The Kier molecular flexibility index (Phi) is 2.88. The Hall–Kier alpha value is -1.54. The summed E-state index contributed by atoms with van der Waals surface area (Å²) in [4.78, 5) is 3.24. The highest BCUT2D eigenvalue weighted by atomic mass is 14.8. The van der Waals surface area contributed by atoms with Crippen molar-refractivity contribution in [2.75, 3.05) is 7.05 Å². The minimum Gasteiger partial charge on any atom is -0.361 e. The molecule has 2 heteroatoms. The molecule has 0 aliphatic rings. The number of aryl methyl sites for hydroxylation is 1. The Balaban J connectivity index is 2.41.